The number of fused-ring (bicyclic) bond motifs is 1. The molecule has 14 nitrogen and oxygen atoms in total. The van der Waals surface area contributed by atoms with Crippen LogP contribution in [0, 0.1) is 0 Å². The molecule has 3 aromatic rings. The number of hydrogen-bond acceptors (Lipinski definition) is 12. The summed E-state index contributed by atoms with van der Waals surface area (Å²) in [7, 11) is 0. The summed E-state index contributed by atoms with van der Waals surface area (Å²) < 4.78 is 11.2. The van der Waals surface area contributed by atoms with Crippen LogP contribution in [-0.2, 0) is 25.6 Å². The normalized spacial score (nSPS) is 11.8. The van der Waals surface area contributed by atoms with Crippen LogP contribution in [0.4, 0.5) is 11.6 Å². The van der Waals surface area contributed by atoms with E-state index >= 15 is 0 Å². The Hall–Kier alpha value is -4.59. The summed E-state index contributed by atoms with van der Waals surface area (Å²) in [4.78, 5) is 66.9. The highest BCUT2D eigenvalue weighted by Crippen LogP contribution is 2.18. The van der Waals surface area contributed by atoms with Gasteiger partial charge in [0.25, 0.3) is 5.91 Å². The van der Waals surface area contributed by atoms with Crippen LogP contribution in [0.1, 0.15) is 248 Å². The zero-order valence-corrected chi connectivity index (χ0v) is 43.0. The number of nitrogens with one attached hydrogen (secondary N) is 2. The van der Waals surface area contributed by atoms with Crippen molar-refractivity contribution in [1.29, 1.82) is 0 Å². The van der Waals surface area contributed by atoms with Crippen LogP contribution in [0.3, 0.4) is 0 Å². The number of carbonyl (C=O) groups is 3. The lowest BCUT2D eigenvalue weighted by molar-refractivity contribution is -0.147. The van der Waals surface area contributed by atoms with E-state index in [-0.39, 0.29) is 43.1 Å². The Kier molecular flexibility index (Phi) is 32.5. The summed E-state index contributed by atoms with van der Waals surface area (Å²) >= 11 is 0. The number of rotatable bonds is 43. The van der Waals surface area contributed by atoms with Crippen LogP contribution in [-0.4, -0.2) is 57.0 Å². The number of aromatic nitrogens is 4. The van der Waals surface area contributed by atoms with E-state index < -0.39 is 29.4 Å². The number of nitrogens with two attached hydrogens (primary N) is 2. The summed E-state index contributed by atoms with van der Waals surface area (Å²) in [5, 5.41) is 4.21. The fourth-order valence-corrected chi connectivity index (χ4v) is 8.71. The molecule has 0 aliphatic rings. The molecule has 1 amide bonds. The molecule has 0 fully saturated rings. The first-order valence-corrected chi connectivity index (χ1v) is 27.5. The van der Waals surface area contributed by atoms with Crippen molar-refractivity contribution in [1.82, 2.24) is 25.3 Å². The van der Waals surface area contributed by atoms with Crippen LogP contribution >= 0.6 is 0 Å². The average molecular weight is 961 g/mol. The highest BCUT2D eigenvalue weighted by molar-refractivity contribution is 5.97. The maximum atomic E-state index is 13.5. The van der Waals surface area contributed by atoms with Crippen molar-refractivity contribution in [2.75, 3.05) is 24.0 Å². The van der Waals surface area contributed by atoms with Gasteiger partial charge in [-0.05, 0) is 43.5 Å². The van der Waals surface area contributed by atoms with Gasteiger partial charge >= 0.3 is 17.5 Å². The minimum atomic E-state index is -1.02. The molecule has 0 radical (unpaired) electrons. The standard InChI is InChI=1S/C55H92N8O6/c1-3-5-7-9-11-13-15-17-19-21-23-25-27-29-31-33-41-68-49(64)40-39-48(54(67)69-42-34-32-30-28-26-24-22-20-18-16-14-12-10-8-6-4-2)60-52(65)45-35-37-47(38-36-45)63(57)44-46-43-58-51-50(59-46)53(66)62-55(56)61-51/h35-38,43,48H,3-34,39-42,44,57H2,1-2H3,(H,60,65)(H3,56,58,61,62,66)/t48-/m0/s1. The number of unbranched alkanes of at least 4 members (excludes halogenated alkanes) is 30. The van der Waals surface area contributed by atoms with E-state index in [0.29, 0.717) is 23.6 Å². The predicted molar refractivity (Wildman–Crippen MR) is 281 cm³/mol. The fourth-order valence-electron chi connectivity index (χ4n) is 8.71. The number of aromatic amines is 1. The van der Waals surface area contributed by atoms with Crippen molar-refractivity contribution < 1.29 is 23.9 Å². The van der Waals surface area contributed by atoms with E-state index in [9.17, 15) is 19.2 Å². The molecule has 2 aromatic heterocycles. The molecule has 0 saturated carbocycles. The Morgan fingerprint density at radius 1 is 0.623 bits per heavy atom. The number of hydrazine groups is 1. The second kappa shape index (κ2) is 38.2. The lowest BCUT2D eigenvalue weighted by Crippen LogP contribution is -2.42. The van der Waals surface area contributed by atoms with Gasteiger partial charge in [0.2, 0.25) is 5.95 Å². The largest absolute Gasteiger partial charge is 0.466 e. The van der Waals surface area contributed by atoms with Crippen molar-refractivity contribution in [3.05, 3.63) is 52.1 Å². The number of benzene rings is 1. The van der Waals surface area contributed by atoms with E-state index in [4.69, 9.17) is 21.1 Å². The van der Waals surface area contributed by atoms with Gasteiger partial charge in [0, 0.05) is 12.0 Å². The van der Waals surface area contributed by atoms with Crippen molar-refractivity contribution in [3.8, 4) is 0 Å². The third kappa shape index (κ3) is 27.4. The molecular formula is C55H92N8O6. The predicted octanol–water partition coefficient (Wildman–Crippen LogP) is 12.7. The first kappa shape index (κ1) is 58.7. The number of esters is 2. The number of H-pyrrole nitrogens is 1. The van der Waals surface area contributed by atoms with E-state index in [1.165, 1.54) is 178 Å². The van der Waals surface area contributed by atoms with Crippen LogP contribution in [0.25, 0.3) is 11.2 Å². The van der Waals surface area contributed by atoms with Gasteiger partial charge in [0.05, 0.1) is 37.3 Å². The summed E-state index contributed by atoms with van der Waals surface area (Å²) in [6.07, 6.45) is 42.0. The number of nitrogen functional groups attached to an aromatic ring is 1. The highest BCUT2D eigenvalue weighted by atomic mass is 16.5. The molecule has 2 heterocycles. The number of amides is 1. The third-order valence-electron chi connectivity index (χ3n) is 13.0. The smallest absolute Gasteiger partial charge is 0.328 e. The van der Waals surface area contributed by atoms with Crippen molar-refractivity contribution in [2.45, 2.75) is 245 Å². The first-order valence-electron chi connectivity index (χ1n) is 27.5. The molecule has 69 heavy (non-hydrogen) atoms. The summed E-state index contributed by atoms with van der Waals surface area (Å²) in [5.74, 6) is 4.84. The summed E-state index contributed by atoms with van der Waals surface area (Å²) in [6, 6.07) is 5.50. The van der Waals surface area contributed by atoms with Gasteiger partial charge in [0.1, 0.15) is 6.04 Å². The number of ether oxygens (including phenoxy) is 2. The monoisotopic (exact) mass is 961 g/mol. The highest BCUT2D eigenvalue weighted by Gasteiger charge is 2.24. The molecular weight excluding hydrogens is 869 g/mol. The maximum Gasteiger partial charge on any atom is 0.328 e. The van der Waals surface area contributed by atoms with Gasteiger partial charge < -0.3 is 30.5 Å². The quantitative estimate of drug-likeness (QED) is 0.0181. The summed E-state index contributed by atoms with van der Waals surface area (Å²) in [6.45, 7) is 5.25. The molecule has 388 valence electrons. The Balaban J connectivity index is 1.38. The molecule has 3 rings (SSSR count). The minimum absolute atomic E-state index is 0.0218. The Morgan fingerprint density at radius 3 is 1.52 bits per heavy atom. The second-order valence-electron chi connectivity index (χ2n) is 19.2. The zero-order valence-electron chi connectivity index (χ0n) is 43.0. The van der Waals surface area contributed by atoms with Crippen LogP contribution in [0.2, 0.25) is 0 Å². The molecule has 14 heteroatoms. The van der Waals surface area contributed by atoms with Crippen LogP contribution in [0.15, 0.2) is 35.3 Å². The van der Waals surface area contributed by atoms with Crippen molar-refractivity contribution in [2.24, 2.45) is 5.84 Å². The molecule has 0 aliphatic carbocycles. The molecule has 6 N–H and O–H groups in total. The van der Waals surface area contributed by atoms with E-state index in [1.807, 2.05) is 0 Å². The number of carbonyl (C=O) groups excluding carboxylic acids is 3. The lowest BCUT2D eigenvalue weighted by atomic mass is 10.0. The second-order valence-corrected chi connectivity index (χ2v) is 19.2. The molecule has 0 bridgehead atoms. The SMILES string of the molecule is CCCCCCCCCCCCCCCCCCOC(=O)CC[C@H](NC(=O)c1ccc(N(N)Cc2cnc3[nH]c(N)nc(=O)c3n2)cc1)C(=O)OCCCCCCCCCCCCCCCCCC. The van der Waals surface area contributed by atoms with Crippen LogP contribution in [0.5, 0.6) is 0 Å². The van der Waals surface area contributed by atoms with Gasteiger partial charge in [-0.15, -0.1) is 0 Å². The molecule has 0 saturated heterocycles. The van der Waals surface area contributed by atoms with E-state index in [2.05, 4.69) is 39.1 Å². The molecule has 0 unspecified atom stereocenters. The minimum Gasteiger partial charge on any atom is -0.466 e. The van der Waals surface area contributed by atoms with Gasteiger partial charge in [0.15, 0.2) is 11.2 Å². The first-order chi connectivity index (χ1) is 33.7. The zero-order chi connectivity index (χ0) is 49.6. The molecule has 0 aliphatic heterocycles. The Morgan fingerprint density at radius 2 is 1.06 bits per heavy atom. The van der Waals surface area contributed by atoms with Crippen molar-refractivity contribution >= 4 is 40.6 Å². The molecule has 1 atom stereocenters. The topological polar surface area (TPSA) is 209 Å². The van der Waals surface area contributed by atoms with E-state index in [1.54, 1.807) is 24.3 Å². The Bertz CT molecular complexity index is 1870. The van der Waals surface area contributed by atoms with Gasteiger partial charge in [-0.3, -0.25) is 14.4 Å². The summed E-state index contributed by atoms with van der Waals surface area (Å²) in [5.41, 5.74) is 6.58. The molecule has 0 spiro atoms. The fraction of sp³-hybridized carbons (Fsp3) is 0.727. The maximum absolute atomic E-state index is 13.5. The number of nitrogens with zero attached hydrogens (tertiary/aromatic N) is 4. The lowest BCUT2D eigenvalue weighted by Gasteiger charge is -2.19. The Labute approximate surface area is 415 Å². The molecule has 1 aromatic carbocycles. The van der Waals surface area contributed by atoms with E-state index in [0.717, 1.165) is 38.5 Å². The average Bonchev–Trinajstić information content (AvgIpc) is 3.34. The third-order valence-corrected chi connectivity index (χ3v) is 13.0. The van der Waals surface area contributed by atoms with Gasteiger partial charge in [-0.1, -0.05) is 206 Å². The number of anilines is 2. The van der Waals surface area contributed by atoms with Crippen molar-refractivity contribution in [3.63, 3.8) is 0 Å². The van der Waals surface area contributed by atoms with Gasteiger partial charge in [-0.2, -0.15) is 4.98 Å². The van der Waals surface area contributed by atoms with Crippen LogP contribution < -0.4 is 27.5 Å². The van der Waals surface area contributed by atoms with Gasteiger partial charge in [-0.25, -0.2) is 20.6 Å². The number of hydrogen-bond donors (Lipinski definition) is 4.